The first-order valence-corrected chi connectivity index (χ1v) is 5.60. The van der Waals surface area contributed by atoms with E-state index in [1.807, 2.05) is 6.92 Å². The van der Waals surface area contributed by atoms with Gasteiger partial charge in [-0.1, -0.05) is 6.08 Å². The maximum absolute atomic E-state index is 11.2. The maximum Gasteiger partial charge on any atom is 0.330 e. The molecule has 2 unspecified atom stereocenters. The quantitative estimate of drug-likeness (QED) is 0.582. The predicted octanol–water partition coefficient (Wildman–Crippen LogP) is 0.789. The van der Waals surface area contributed by atoms with Crippen molar-refractivity contribution >= 4 is 11.9 Å². The van der Waals surface area contributed by atoms with E-state index in [9.17, 15) is 9.59 Å². The third-order valence-electron chi connectivity index (χ3n) is 2.97. The molecule has 1 heterocycles. The summed E-state index contributed by atoms with van der Waals surface area (Å²) in [4.78, 5) is 22.2. The molecule has 1 rings (SSSR count). The molecule has 2 atom stereocenters. The van der Waals surface area contributed by atoms with E-state index in [0.717, 1.165) is 12.8 Å². The Balaban J connectivity index is 2.48. The lowest BCUT2D eigenvalue weighted by Gasteiger charge is -2.23. The zero-order valence-electron chi connectivity index (χ0n) is 10.5. The van der Waals surface area contributed by atoms with Crippen molar-refractivity contribution in [3.8, 4) is 0 Å². The molecule has 0 aromatic heterocycles. The molecule has 0 radical (unpaired) electrons. The minimum absolute atomic E-state index is 0.101. The van der Waals surface area contributed by atoms with Crippen molar-refractivity contribution in [2.45, 2.75) is 37.8 Å². The Bertz CT molecular complexity index is 326. The largest absolute Gasteiger partial charge is 0.469 e. The topological polar surface area (TPSA) is 64.6 Å². The third kappa shape index (κ3) is 4.19. The first-order valence-electron chi connectivity index (χ1n) is 5.60. The van der Waals surface area contributed by atoms with Crippen LogP contribution in [0.4, 0.5) is 0 Å². The van der Waals surface area contributed by atoms with Gasteiger partial charge in [0.1, 0.15) is 0 Å². The van der Waals surface area contributed by atoms with Gasteiger partial charge in [0.25, 0.3) is 0 Å². The lowest BCUT2D eigenvalue weighted by Crippen LogP contribution is -2.41. The van der Waals surface area contributed by atoms with Crippen molar-refractivity contribution in [2.24, 2.45) is 0 Å². The van der Waals surface area contributed by atoms with Gasteiger partial charge in [-0.05, 0) is 19.8 Å². The average molecular weight is 241 g/mol. The van der Waals surface area contributed by atoms with E-state index in [-0.39, 0.29) is 23.5 Å². The van der Waals surface area contributed by atoms with Crippen LogP contribution in [0, 0.1) is 0 Å². The zero-order valence-corrected chi connectivity index (χ0v) is 10.5. The van der Waals surface area contributed by atoms with E-state index in [4.69, 9.17) is 0 Å². The molecule has 0 aromatic rings. The second kappa shape index (κ2) is 5.82. The Kier molecular flexibility index (Phi) is 4.69. The minimum atomic E-state index is -0.367. The van der Waals surface area contributed by atoms with Gasteiger partial charge in [0.15, 0.2) is 0 Å². The summed E-state index contributed by atoms with van der Waals surface area (Å²) >= 11 is 0. The van der Waals surface area contributed by atoms with Crippen LogP contribution in [0.25, 0.3) is 0 Å². The summed E-state index contributed by atoms with van der Waals surface area (Å²) in [6, 6.07) is 0.101. The molecule has 1 aliphatic heterocycles. The molecule has 1 aliphatic rings. The zero-order chi connectivity index (χ0) is 12.9. The van der Waals surface area contributed by atoms with Crippen LogP contribution in [-0.2, 0) is 19.1 Å². The van der Waals surface area contributed by atoms with E-state index < -0.39 is 0 Å². The smallest absolute Gasteiger partial charge is 0.330 e. The molecule has 1 fully saturated rings. The first kappa shape index (κ1) is 13.7. The van der Waals surface area contributed by atoms with Gasteiger partial charge in [-0.25, -0.2) is 4.79 Å². The van der Waals surface area contributed by atoms with Crippen LogP contribution < -0.4 is 5.32 Å². The van der Waals surface area contributed by atoms with Crippen LogP contribution in [0.2, 0.25) is 0 Å². The van der Waals surface area contributed by atoms with Crippen LogP contribution in [0.3, 0.4) is 0 Å². The van der Waals surface area contributed by atoms with Gasteiger partial charge in [0.2, 0.25) is 0 Å². The van der Waals surface area contributed by atoms with Crippen molar-refractivity contribution in [1.82, 2.24) is 5.32 Å². The highest BCUT2D eigenvalue weighted by atomic mass is 16.5. The Labute approximate surface area is 101 Å². The minimum Gasteiger partial charge on any atom is -0.469 e. The summed E-state index contributed by atoms with van der Waals surface area (Å²) in [6.07, 6.45) is 5.28. The van der Waals surface area contributed by atoms with Crippen LogP contribution >= 0.6 is 0 Å². The highest BCUT2D eigenvalue weighted by molar-refractivity contribution is 5.81. The molecule has 5 nitrogen and oxygen atoms in total. The van der Waals surface area contributed by atoms with Crippen LogP contribution in [0.1, 0.15) is 26.2 Å². The lowest BCUT2D eigenvalue weighted by molar-refractivity contribution is -0.142. The third-order valence-corrected chi connectivity index (χ3v) is 2.97. The molecule has 5 heteroatoms. The standard InChI is InChI=1S/C12H19NO4/c1-12(8-11(15)17-3)7-6-9(13-12)4-5-10(14)16-2/h4-5,9,13H,6-8H2,1-3H3/b5-4+. The SMILES string of the molecule is COC(=O)/C=C/C1CCC(C)(CC(=O)OC)N1. The van der Waals surface area contributed by atoms with Crippen molar-refractivity contribution in [3.63, 3.8) is 0 Å². The molecule has 1 N–H and O–H groups in total. The summed E-state index contributed by atoms with van der Waals surface area (Å²) in [5.41, 5.74) is -0.252. The number of hydrogen-bond acceptors (Lipinski definition) is 5. The van der Waals surface area contributed by atoms with Gasteiger partial charge in [-0.2, -0.15) is 0 Å². The van der Waals surface area contributed by atoms with E-state index >= 15 is 0 Å². The number of ether oxygens (including phenoxy) is 2. The lowest BCUT2D eigenvalue weighted by atomic mass is 9.96. The average Bonchev–Trinajstić information content (AvgIpc) is 2.67. The Morgan fingerprint density at radius 3 is 2.71 bits per heavy atom. The molecular weight excluding hydrogens is 222 g/mol. The summed E-state index contributed by atoms with van der Waals surface area (Å²) in [7, 11) is 2.73. The first-order chi connectivity index (χ1) is 7.99. The van der Waals surface area contributed by atoms with Gasteiger partial charge >= 0.3 is 11.9 Å². The van der Waals surface area contributed by atoms with E-state index in [1.165, 1.54) is 20.3 Å². The fraction of sp³-hybridized carbons (Fsp3) is 0.667. The second-order valence-electron chi connectivity index (χ2n) is 4.49. The monoisotopic (exact) mass is 241 g/mol. The second-order valence-corrected chi connectivity index (χ2v) is 4.49. The highest BCUT2D eigenvalue weighted by Gasteiger charge is 2.35. The van der Waals surface area contributed by atoms with Crippen molar-refractivity contribution in [2.75, 3.05) is 14.2 Å². The summed E-state index contributed by atoms with van der Waals surface area (Å²) in [5, 5.41) is 3.32. The molecule has 0 spiro atoms. The predicted molar refractivity (Wildman–Crippen MR) is 62.4 cm³/mol. The fourth-order valence-electron chi connectivity index (χ4n) is 2.00. The van der Waals surface area contributed by atoms with E-state index in [0.29, 0.717) is 6.42 Å². The number of rotatable bonds is 4. The highest BCUT2D eigenvalue weighted by Crippen LogP contribution is 2.27. The molecule has 0 aromatic carbocycles. The maximum atomic E-state index is 11.2. The normalized spacial score (nSPS) is 28.3. The van der Waals surface area contributed by atoms with Crippen LogP contribution in [0.5, 0.6) is 0 Å². The van der Waals surface area contributed by atoms with Gasteiger partial charge in [-0.15, -0.1) is 0 Å². The van der Waals surface area contributed by atoms with Crippen molar-refractivity contribution in [1.29, 1.82) is 0 Å². The number of esters is 2. The fourth-order valence-corrected chi connectivity index (χ4v) is 2.00. The van der Waals surface area contributed by atoms with E-state index in [2.05, 4.69) is 14.8 Å². The van der Waals surface area contributed by atoms with Crippen molar-refractivity contribution in [3.05, 3.63) is 12.2 Å². The number of carbonyl (C=O) groups is 2. The van der Waals surface area contributed by atoms with Gasteiger partial charge in [-0.3, -0.25) is 4.79 Å². The Morgan fingerprint density at radius 2 is 2.12 bits per heavy atom. The molecule has 1 saturated heterocycles. The van der Waals surface area contributed by atoms with Crippen molar-refractivity contribution < 1.29 is 19.1 Å². The van der Waals surface area contributed by atoms with Gasteiger partial charge < -0.3 is 14.8 Å². The Hall–Kier alpha value is -1.36. The molecule has 96 valence electrons. The number of nitrogens with one attached hydrogen (secondary N) is 1. The Morgan fingerprint density at radius 1 is 1.41 bits per heavy atom. The number of methoxy groups -OCH3 is 2. The summed E-state index contributed by atoms with van der Waals surface area (Å²) < 4.78 is 9.17. The molecule has 0 amide bonds. The number of hydrogen-bond donors (Lipinski definition) is 1. The molecule has 0 aliphatic carbocycles. The summed E-state index contributed by atoms with van der Waals surface area (Å²) in [5.74, 6) is -0.592. The van der Waals surface area contributed by atoms with Crippen LogP contribution in [-0.4, -0.2) is 37.7 Å². The molecule has 17 heavy (non-hydrogen) atoms. The summed E-state index contributed by atoms with van der Waals surface area (Å²) in [6.45, 7) is 1.98. The van der Waals surface area contributed by atoms with Gasteiger partial charge in [0.05, 0.1) is 20.6 Å². The van der Waals surface area contributed by atoms with E-state index in [1.54, 1.807) is 6.08 Å². The molecule has 0 bridgehead atoms. The number of carbonyl (C=O) groups excluding carboxylic acids is 2. The molecular formula is C12H19NO4. The van der Waals surface area contributed by atoms with Crippen LogP contribution in [0.15, 0.2) is 12.2 Å². The van der Waals surface area contributed by atoms with Gasteiger partial charge in [0, 0.05) is 17.7 Å². The molecule has 0 saturated carbocycles.